The van der Waals surface area contributed by atoms with E-state index in [1.165, 1.54) is 64.1 Å². The van der Waals surface area contributed by atoms with Crippen LogP contribution in [0.4, 0.5) is 5.69 Å². The van der Waals surface area contributed by atoms with Gasteiger partial charge in [0.15, 0.2) is 0 Å². The van der Waals surface area contributed by atoms with Crippen LogP contribution < -0.4 is 4.90 Å². The molecule has 2 heterocycles. The van der Waals surface area contributed by atoms with Crippen molar-refractivity contribution in [1.82, 2.24) is 4.90 Å². The summed E-state index contributed by atoms with van der Waals surface area (Å²) in [7, 11) is 0. The molecule has 1 aromatic carbocycles. The number of hydrogen-bond acceptors (Lipinski definition) is 2. The van der Waals surface area contributed by atoms with Crippen molar-refractivity contribution in [3.8, 4) is 0 Å². The molecule has 2 aliphatic rings. The van der Waals surface area contributed by atoms with E-state index in [1.54, 1.807) is 5.56 Å². The highest BCUT2D eigenvalue weighted by Crippen LogP contribution is 2.29. The Morgan fingerprint density at radius 2 is 1.89 bits per heavy atom. The number of likely N-dealkylation sites (tertiary alicyclic amines) is 1. The van der Waals surface area contributed by atoms with Gasteiger partial charge in [0, 0.05) is 18.8 Å². The number of nitrogens with zero attached hydrogens (tertiary/aromatic N) is 2. The van der Waals surface area contributed by atoms with Crippen molar-refractivity contribution < 1.29 is 0 Å². The second kappa shape index (κ2) is 5.96. The van der Waals surface area contributed by atoms with E-state index in [2.05, 4.69) is 41.0 Å². The number of anilines is 1. The van der Waals surface area contributed by atoms with Crippen LogP contribution in [-0.2, 0) is 6.42 Å². The van der Waals surface area contributed by atoms with Gasteiger partial charge in [-0.2, -0.15) is 0 Å². The van der Waals surface area contributed by atoms with E-state index in [0.717, 1.165) is 5.92 Å². The van der Waals surface area contributed by atoms with Gasteiger partial charge >= 0.3 is 0 Å². The average molecular weight is 258 g/mol. The van der Waals surface area contributed by atoms with Gasteiger partial charge in [0.2, 0.25) is 0 Å². The van der Waals surface area contributed by atoms with Crippen molar-refractivity contribution in [2.24, 2.45) is 5.92 Å². The molecule has 0 spiro atoms. The lowest BCUT2D eigenvalue weighted by Crippen LogP contribution is -2.34. The molecule has 0 aliphatic carbocycles. The molecule has 2 nitrogen and oxygen atoms in total. The quantitative estimate of drug-likeness (QED) is 0.818. The molecule has 0 aromatic heterocycles. The minimum absolute atomic E-state index is 0.954. The van der Waals surface area contributed by atoms with Crippen LogP contribution in [-0.4, -0.2) is 37.6 Å². The molecule has 104 valence electrons. The Kier molecular flexibility index (Phi) is 4.07. The van der Waals surface area contributed by atoms with Crippen molar-refractivity contribution in [2.45, 2.75) is 32.6 Å². The maximum atomic E-state index is 2.60. The number of para-hydroxylation sites is 1. The monoisotopic (exact) mass is 258 g/mol. The molecule has 1 aromatic rings. The van der Waals surface area contributed by atoms with Crippen molar-refractivity contribution >= 4 is 5.69 Å². The summed E-state index contributed by atoms with van der Waals surface area (Å²) in [5.74, 6) is 0.954. The standard InChI is InChI=1S/C17H26N2/c1-2-18-11-7-15(8-12-18)9-13-19-14-10-16-5-3-4-6-17(16)19/h3-6,15H,2,7-14H2,1H3. The maximum Gasteiger partial charge on any atom is 0.0399 e. The smallest absolute Gasteiger partial charge is 0.0399 e. The molecule has 0 saturated carbocycles. The summed E-state index contributed by atoms with van der Waals surface area (Å²) >= 11 is 0. The van der Waals surface area contributed by atoms with E-state index in [9.17, 15) is 0 Å². The fourth-order valence-electron chi connectivity index (χ4n) is 3.57. The molecule has 1 saturated heterocycles. The number of fused-ring (bicyclic) bond motifs is 1. The van der Waals surface area contributed by atoms with Gasteiger partial charge in [-0.3, -0.25) is 0 Å². The predicted octanol–water partition coefficient (Wildman–Crippen LogP) is 3.17. The average Bonchev–Trinajstić information content (AvgIpc) is 2.89. The normalized spacial score (nSPS) is 20.8. The lowest BCUT2D eigenvalue weighted by Gasteiger charge is -2.32. The topological polar surface area (TPSA) is 6.48 Å². The number of benzene rings is 1. The summed E-state index contributed by atoms with van der Waals surface area (Å²) in [6.45, 7) is 8.63. The Hall–Kier alpha value is -1.02. The fraction of sp³-hybridized carbons (Fsp3) is 0.647. The van der Waals surface area contributed by atoms with Crippen molar-refractivity contribution in [3.63, 3.8) is 0 Å². The summed E-state index contributed by atoms with van der Waals surface area (Å²) in [5, 5.41) is 0. The first-order valence-corrected chi connectivity index (χ1v) is 7.92. The number of rotatable bonds is 4. The second-order valence-corrected chi connectivity index (χ2v) is 6.03. The van der Waals surface area contributed by atoms with Crippen LogP contribution in [0.25, 0.3) is 0 Å². The summed E-state index contributed by atoms with van der Waals surface area (Å²) in [4.78, 5) is 5.18. The summed E-state index contributed by atoms with van der Waals surface area (Å²) in [6, 6.07) is 8.93. The minimum atomic E-state index is 0.954. The van der Waals surface area contributed by atoms with Crippen LogP contribution in [0.15, 0.2) is 24.3 Å². The molecule has 3 rings (SSSR count). The SMILES string of the molecule is CCN1CCC(CCN2CCc3ccccc32)CC1. The van der Waals surface area contributed by atoms with Gasteiger partial charge in [0.25, 0.3) is 0 Å². The van der Waals surface area contributed by atoms with E-state index in [0.29, 0.717) is 0 Å². The highest BCUT2D eigenvalue weighted by Gasteiger charge is 2.21. The Balaban J connectivity index is 1.49. The van der Waals surface area contributed by atoms with Gasteiger partial charge in [0.1, 0.15) is 0 Å². The lowest BCUT2D eigenvalue weighted by atomic mass is 9.93. The first-order valence-electron chi connectivity index (χ1n) is 7.92. The number of hydrogen-bond donors (Lipinski definition) is 0. The first kappa shape index (κ1) is 13.0. The van der Waals surface area contributed by atoms with Crippen molar-refractivity contribution in [2.75, 3.05) is 37.6 Å². The Labute approximate surface area is 117 Å². The van der Waals surface area contributed by atoms with Gasteiger partial charge < -0.3 is 9.80 Å². The van der Waals surface area contributed by atoms with Gasteiger partial charge in [-0.25, -0.2) is 0 Å². The van der Waals surface area contributed by atoms with E-state index in [1.807, 2.05) is 0 Å². The van der Waals surface area contributed by atoms with E-state index in [4.69, 9.17) is 0 Å². The van der Waals surface area contributed by atoms with Crippen LogP contribution in [0.1, 0.15) is 31.7 Å². The Bertz CT molecular complexity index is 407. The molecule has 19 heavy (non-hydrogen) atoms. The first-order chi connectivity index (χ1) is 9.36. The maximum absolute atomic E-state index is 2.60. The molecular weight excluding hydrogens is 232 g/mol. The molecule has 0 radical (unpaired) electrons. The fourth-order valence-corrected chi connectivity index (χ4v) is 3.57. The molecular formula is C17H26N2. The van der Waals surface area contributed by atoms with Gasteiger partial charge in [-0.1, -0.05) is 25.1 Å². The molecule has 0 amide bonds. The van der Waals surface area contributed by atoms with E-state index < -0.39 is 0 Å². The Morgan fingerprint density at radius 3 is 2.68 bits per heavy atom. The zero-order valence-corrected chi connectivity index (χ0v) is 12.1. The molecule has 0 bridgehead atoms. The van der Waals surface area contributed by atoms with Crippen LogP contribution >= 0.6 is 0 Å². The van der Waals surface area contributed by atoms with E-state index in [-0.39, 0.29) is 0 Å². The molecule has 2 aliphatic heterocycles. The van der Waals surface area contributed by atoms with Gasteiger partial charge in [-0.05, 0) is 62.9 Å². The highest BCUT2D eigenvalue weighted by molar-refractivity contribution is 5.57. The van der Waals surface area contributed by atoms with Gasteiger partial charge in [0.05, 0.1) is 0 Å². The second-order valence-electron chi connectivity index (χ2n) is 6.03. The molecule has 2 heteroatoms. The third kappa shape index (κ3) is 2.94. The largest absolute Gasteiger partial charge is 0.371 e. The van der Waals surface area contributed by atoms with Gasteiger partial charge in [-0.15, -0.1) is 0 Å². The number of piperidine rings is 1. The lowest BCUT2D eigenvalue weighted by molar-refractivity contribution is 0.188. The zero-order valence-electron chi connectivity index (χ0n) is 12.1. The third-order valence-electron chi connectivity index (χ3n) is 4.94. The zero-order chi connectivity index (χ0) is 13.1. The minimum Gasteiger partial charge on any atom is -0.371 e. The summed E-state index contributed by atoms with van der Waals surface area (Å²) in [5.41, 5.74) is 3.04. The van der Waals surface area contributed by atoms with Crippen LogP contribution in [0.5, 0.6) is 0 Å². The van der Waals surface area contributed by atoms with E-state index >= 15 is 0 Å². The molecule has 0 atom stereocenters. The highest BCUT2D eigenvalue weighted by atomic mass is 15.1. The van der Waals surface area contributed by atoms with Crippen molar-refractivity contribution in [3.05, 3.63) is 29.8 Å². The summed E-state index contributed by atoms with van der Waals surface area (Å²) < 4.78 is 0. The molecule has 1 fully saturated rings. The third-order valence-corrected chi connectivity index (χ3v) is 4.94. The van der Waals surface area contributed by atoms with Crippen LogP contribution in [0.2, 0.25) is 0 Å². The van der Waals surface area contributed by atoms with Crippen LogP contribution in [0.3, 0.4) is 0 Å². The van der Waals surface area contributed by atoms with Crippen LogP contribution in [0, 0.1) is 5.92 Å². The van der Waals surface area contributed by atoms with Crippen molar-refractivity contribution in [1.29, 1.82) is 0 Å². The molecule has 0 unspecified atom stereocenters. The predicted molar refractivity (Wildman–Crippen MR) is 81.8 cm³/mol. The molecule has 0 N–H and O–H groups in total. The summed E-state index contributed by atoms with van der Waals surface area (Å²) in [6.07, 6.45) is 5.43. The Morgan fingerprint density at radius 1 is 1.11 bits per heavy atom.